The van der Waals surface area contributed by atoms with E-state index in [2.05, 4.69) is 17.1 Å². The molecule has 0 bridgehead atoms. The SMILES string of the molecule is CCN1CCC[C@H]1CNC(=O)Cn1ccc2ccc(Cl)cc21. The monoisotopic (exact) mass is 319 g/mol. The highest BCUT2D eigenvalue weighted by atomic mass is 35.5. The van der Waals surface area contributed by atoms with E-state index in [-0.39, 0.29) is 5.91 Å². The highest BCUT2D eigenvalue weighted by molar-refractivity contribution is 6.31. The molecule has 4 nitrogen and oxygen atoms in total. The van der Waals surface area contributed by atoms with Gasteiger partial charge in [-0.15, -0.1) is 0 Å². The van der Waals surface area contributed by atoms with Gasteiger partial charge in [0.1, 0.15) is 6.54 Å². The number of carbonyl (C=O) groups excluding carboxylic acids is 1. The van der Waals surface area contributed by atoms with Crippen molar-refractivity contribution in [2.45, 2.75) is 32.4 Å². The lowest BCUT2D eigenvalue weighted by molar-refractivity contribution is -0.121. The summed E-state index contributed by atoms with van der Waals surface area (Å²) in [6.07, 6.45) is 4.35. The molecule has 1 aromatic carbocycles. The van der Waals surface area contributed by atoms with Crippen LogP contribution in [0.3, 0.4) is 0 Å². The van der Waals surface area contributed by atoms with Gasteiger partial charge in [-0.2, -0.15) is 0 Å². The summed E-state index contributed by atoms with van der Waals surface area (Å²) in [5.41, 5.74) is 0.999. The van der Waals surface area contributed by atoms with Crippen molar-refractivity contribution in [3.8, 4) is 0 Å². The summed E-state index contributed by atoms with van der Waals surface area (Å²) in [7, 11) is 0. The van der Waals surface area contributed by atoms with Crippen LogP contribution in [0.1, 0.15) is 19.8 Å². The van der Waals surface area contributed by atoms with Gasteiger partial charge in [-0.05, 0) is 49.5 Å². The van der Waals surface area contributed by atoms with Gasteiger partial charge in [0.05, 0.1) is 0 Å². The van der Waals surface area contributed by atoms with Crippen molar-refractivity contribution < 1.29 is 4.79 Å². The molecule has 2 aromatic rings. The van der Waals surface area contributed by atoms with Crippen LogP contribution in [-0.4, -0.2) is 41.1 Å². The highest BCUT2D eigenvalue weighted by Gasteiger charge is 2.23. The molecule has 1 aliphatic rings. The Hall–Kier alpha value is -1.52. The van der Waals surface area contributed by atoms with Gasteiger partial charge in [-0.25, -0.2) is 0 Å². The Kier molecular flexibility index (Phi) is 4.69. The van der Waals surface area contributed by atoms with Crippen molar-refractivity contribution in [1.82, 2.24) is 14.8 Å². The molecule has 2 heterocycles. The zero-order valence-electron chi connectivity index (χ0n) is 12.9. The third-order valence-corrected chi connectivity index (χ3v) is 4.73. The molecule has 0 aliphatic carbocycles. The molecule has 1 fully saturated rings. The number of halogens is 1. The Balaban J connectivity index is 1.60. The predicted octanol–water partition coefficient (Wildman–Crippen LogP) is 2.90. The van der Waals surface area contributed by atoms with Crippen molar-refractivity contribution in [1.29, 1.82) is 0 Å². The lowest BCUT2D eigenvalue weighted by atomic mass is 10.2. The van der Waals surface area contributed by atoms with Gasteiger partial charge in [0.25, 0.3) is 0 Å². The number of nitrogens with one attached hydrogen (secondary N) is 1. The van der Waals surface area contributed by atoms with Crippen molar-refractivity contribution in [3.05, 3.63) is 35.5 Å². The first kappa shape index (κ1) is 15.4. The van der Waals surface area contributed by atoms with Gasteiger partial charge >= 0.3 is 0 Å². The number of nitrogens with zero attached hydrogens (tertiary/aromatic N) is 2. The molecule has 1 atom stereocenters. The number of hydrogen-bond donors (Lipinski definition) is 1. The van der Waals surface area contributed by atoms with Gasteiger partial charge in [0, 0.05) is 29.3 Å². The number of benzene rings is 1. The number of carbonyl (C=O) groups is 1. The van der Waals surface area contributed by atoms with Gasteiger partial charge < -0.3 is 9.88 Å². The molecule has 0 spiro atoms. The van der Waals surface area contributed by atoms with E-state index in [1.807, 2.05) is 35.0 Å². The topological polar surface area (TPSA) is 37.3 Å². The van der Waals surface area contributed by atoms with E-state index in [0.717, 1.165) is 30.5 Å². The summed E-state index contributed by atoms with van der Waals surface area (Å²) >= 11 is 6.04. The number of amides is 1. The number of likely N-dealkylation sites (N-methyl/N-ethyl adjacent to an activating group) is 1. The first-order valence-corrected chi connectivity index (χ1v) is 8.30. The van der Waals surface area contributed by atoms with Crippen molar-refractivity contribution >= 4 is 28.4 Å². The number of hydrogen-bond acceptors (Lipinski definition) is 2. The van der Waals surface area contributed by atoms with E-state index < -0.39 is 0 Å². The van der Waals surface area contributed by atoms with E-state index in [1.165, 1.54) is 12.8 Å². The van der Waals surface area contributed by atoms with Gasteiger partial charge in [0.2, 0.25) is 5.91 Å². The molecule has 0 radical (unpaired) electrons. The number of aromatic nitrogens is 1. The summed E-state index contributed by atoms with van der Waals surface area (Å²) in [5.74, 6) is 0.0560. The second kappa shape index (κ2) is 6.71. The third kappa shape index (κ3) is 3.28. The lowest BCUT2D eigenvalue weighted by Crippen LogP contribution is -2.40. The molecule has 118 valence electrons. The summed E-state index contributed by atoms with van der Waals surface area (Å²) in [5, 5.41) is 4.87. The second-order valence-corrected chi connectivity index (χ2v) is 6.31. The molecule has 3 rings (SSSR count). The third-order valence-electron chi connectivity index (χ3n) is 4.49. The smallest absolute Gasteiger partial charge is 0.239 e. The van der Waals surface area contributed by atoms with Crippen molar-refractivity contribution in [2.24, 2.45) is 0 Å². The van der Waals surface area contributed by atoms with Crippen LogP contribution in [0.2, 0.25) is 5.02 Å². The minimum absolute atomic E-state index is 0.0560. The van der Waals surface area contributed by atoms with Crippen LogP contribution in [0.25, 0.3) is 10.9 Å². The Morgan fingerprint density at radius 3 is 3.09 bits per heavy atom. The standard InChI is InChI=1S/C17H22ClN3O/c1-2-20-8-3-4-15(20)11-19-17(22)12-21-9-7-13-5-6-14(18)10-16(13)21/h5-7,9-10,15H,2-4,8,11-12H2,1H3,(H,19,22)/t15-/m0/s1. The maximum Gasteiger partial charge on any atom is 0.239 e. The van der Waals surface area contributed by atoms with Gasteiger partial charge in [-0.1, -0.05) is 24.6 Å². The second-order valence-electron chi connectivity index (χ2n) is 5.88. The minimum atomic E-state index is 0.0560. The number of rotatable bonds is 5. The Bertz CT molecular complexity index is 667. The van der Waals surface area contributed by atoms with E-state index in [1.54, 1.807) is 0 Å². The Labute approximate surface area is 136 Å². The van der Waals surface area contributed by atoms with Gasteiger partial charge in [0.15, 0.2) is 0 Å². The summed E-state index contributed by atoms with van der Waals surface area (Å²) in [4.78, 5) is 14.6. The molecule has 1 aliphatic heterocycles. The van der Waals surface area contributed by atoms with Crippen molar-refractivity contribution in [2.75, 3.05) is 19.6 Å². The van der Waals surface area contributed by atoms with E-state index in [0.29, 0.717) is 17.6 Å². The molecular weight excluding hydrogens is 298 g/mol. The summed E-state index contributed by atoms with van der Waals surface area (Å²) < 4.78 is 1.95. The first-order valence-electron chi connectivity index (χ1n) is 7.92. The fourth-order valence-corrected chi connectivity index (χ4v) is 3.45. The molecule has 0 unspecified atom stereocenters. The first-order chi connectivity index (χ1) is 10.7. The average molecular weight is 320 g/mol. The largest absolute Gasteiger partial charge is 0.353 e. The molecule has 1 aromatic heterocycles. The Morgan fingerprint density at radius 1 is 1.41 bits per heavy atom. The zero-order chi connectivity index (χ0) is 15.5. The van der Waals surface area contributed by atoms with E-state index in [9.17, 15) is 4.79 Å². The molecule has 5 heteroatoms. The minimum Gasteiger partial charge on any atom is -0.353 e. The molecule has 1 N–H and O–H groups in total. The van der Waals surface area contributed by atoms with Crippen LogP contribution >= 0.6 is 11.6 Å². The maximum absolute atomic E-state index is 12.2. The van der Waals surface area contributed by atoms with E-state index in [4.69, 9.17) is 11.6 Å². The van der Waals surface area contributed by atoms with Crippen molar-refractivity contribution in [3.63, 3.8) is 0 Å². The fraction of sp³-hybridized carbons (Fsp3) is 0.471. The van der Waals surface area contributed by atoms with E-state index >= 15 is 0 Å². The molecule has 1 saturated heterocycles. The van der Waals surface area contributed by atoms with Crippen LogP contribution in [-0.2, 0) is 11.3 Å². The number of likely N-dealkylation sites (tertiary alicyclic amines) is 1. The van der Waals surface area contributed by atoms with Gasteiger partial charge in [-0.3, -0.25) is 9.69 Å². The zero-order valence-corrected chi connectivity index (χ0v) is 13.6. The fourth-order valence-electron chi connectivity index (χ4n) is 3.28. The van der Waals surface area contributed by atoms with Crippen LogP contribution in [0.5, 0.6) is 0 Å². The van der Waals surface area contributed by atoms with Crippen LogP contribution in [0.4, 0.5) is 0 Å². The quantitative estimate of drug-likeness (QED) is 0.920. The van der Waals surface area contributed by atoms with Crippen LogP contribution in [0, 0.1) is 0 Å². The average Bonchev–Trinajstić information content (AvgIpc) is 3.12. The maximum atomic E-state index is 12.2. The predicted molar refractivity (Wildman–Crippen MR) is 90.2 cm³/mol. The van der Waals surface area contributed by atoms with Crippen LogP contribution in [0.15, 0.2) is 30.5 Å². The molecule has 22 heavy (non-hydrogen) atoms. The van der Waals surface area contributed by atoms with Crippen LogP contribution < -0.4 is 5.32 Å². The molecule has 1 amide bonds. The highest BCUT2D eigenvalue weighted by Crippen LogP contribution is 2.20. The normalized spacial score (nSPS) is 18.9. The summed E-state index contributed by atoms with van der Waals surface area (Å²) in [6.45, 7) is 5.46. The lowest BCUT2D eigenvalue weighted by Gasteiger charge is -2.22. The number of fused-ring (bicyclic) bond motifs is 1. The Morgan fingerprint density at radius 2 is 2.27 bits per heavy atom. The molecular formula is C17H22ClN3O. The summed E-state index contributed by atoms with van der Waals surface area (Å²) in [6, 6.07) is 8.25. The molecule has 0 saturated carbocycles.